The van der Waals surface area contributed by atoms with Gasteiger partial charge in [0.15, 0.2) is 11.5 Å². The van der Waals surface area contributed by atoms with Crippen molar-refractivity contribution in [2.75, 3.05) is 19.0 Å². The SMILES string of the molecule is CCOc1cc(C=NNC(=O)CCC(=O)Nc2ccc(C)c(Cl)c2)cc(I)c1OC. The summed E-state index contributed by atoms with van der Waals surface area (Å²) >= 11 is 8.18. The van der Waals surface area contributed by atoms with E-state index in [-0.39, 0.29) is 24.7 Å². The lowest BCUT2D eigenvalue weighted by Gasteiger charge is -2.11. The highest BCUT2D eigenvalue weighted by Crippen LogP contribution is 2.33. The van der Waals surface area contributed by atoms with Crippen LogP contribution in [0.3, 0.4) is 0 Å². The van der Waals surface area contributed by atoms with Crippen LogP contribution in [0, 0.1) is 10.5 Å². The smallest absolute Gasteiger partial charge is 0.240 e. The molecule has 0 bridgehead atoms. The molecule has 0 heterocycles. The summed E-state index contributed by atoms with van der Waals surface area (Å²) < 4.78 is 11.8. The van der Waals surface area contributed by atoms with Gasteiger partial charge in [-0.25, -0.2) is 5.43 Å². The van der Waals surface area contributed by atoms with Gasteiger partial charge in [-0.2, -0.15) is 5.10 Å². The van der Waals surface area contributed by atoms with Crippen LogP contribution in [0.4, 0.5) is 5.69 Å². The molecule has 9 heteroatoms. The quantitative estimate of drug-likeness (QED) is 0.276. The maximum absolute atomic E-state index is 12.0. The van der Waals surface area contributed by atoms with Crippen LogP contribution in [0.25, 0.3) is 0 Å². The average molecular weight is 544 g/mol. The molecule has 0 saturated carbocycles. The number of hydrogen-bond acceptors (Lipinski definition) is 5. The second kappa shape index (κ2) is 11.8. The van der Waals surface area contributed by atoms with Crippen molar-refractivity contribution in [3.63, 3.8) is 0 Å². The van der Waals surface area contributed by atoms with Gasteiger partial charge in [-0.1, -0.05) is 17.7 Å². The van der Waals surface area contributed by atoms with Gasteiger partial charge in [0.1, 0.15) is 0 Å². The van der Waals surface area contributed by atoms with Gasteiger partial charge in [0.25, 0.3) is 0 Å². The molecule has 2 aromatic rings. The summed E-state index contributed by atoms with van der Waals surface area (Å²) in [5, 5.41) is 7.23. The first-order chi connectivity index (χ1) is 14.3. The minimum atomic E-state index is -0.364. The van der Waals surface area contributed by atoms with E-state index in [9.17, 15) is 9.59 Å². The largest absolute Gasteiger partial charge is 0.492 e. The molecule has 0 unspecified atom stereocenters. The number of nitrogens with one attached hydrogen (secondary N) is 2. The van der Waals surface area contributed by atoms with Gasteiger partial charge >= 0.3 is 0 Å². The lowest BCUT2D eigenvalue weighted by atomic mass is 10.2. The van der Waals surface area contributed by atoms with E-state index in [1.807, 2.05) is 26.0 Å². The summed E-state index contributed by atoms with van der Waals surface area (Å²) in [6, 6.07) is 8.89. The van der Waals surface area contributed by atoms with Crippen molar-refractivity contribution in [3.05, 3.63) is 50.1 Å². The van der Waals surface area contributed by atoms with Crippen LogP contribution in [0.15, 0.2) is 35.4 Å². The van der Waals surface area contributed by atoms with Gasteiger partial charge in [-0.05, 0) is 71.8 Å². The van der Waals surface area contributed by atoms with Crippen molar-refractivity contribution in [3.8, 4) is 11.5 Å². The maximum atomic E-state index is 12.0. The highest BCUT2D eigenvalue weighted by Gasteiger charge is 2.11. The number of nitrogens with zero attached hydrogens (tertiary/aromatic N) is 1. The van der Waals surface area contributed by atoms with Crippen LogP contribution in [0.2, 0.25) is 5.02 Å². The fraction of sp³-hybridized carbons (Fsp3) is 0.286. The van der Waals surface area contributed by atoms with Gasteiger partial charge in [0.2, 0.25) is 11.8 Å². The zero-order valence-electron chi connectivity index (χ0n) is 16.9. The first-order valence-electron chi connectivity index (χ1n) is 9.22. The number of methoxy groups -OCH3 is 1. The summed E-state index contributed by atoms with van der Waals surface area (Å²) in [7, 11) is 1.58. The van der Waals surface area contributed by atoms with E-state index in [4.69, 9.17) is 21.1 Å². The second-order valence-electron chi connectivity index (χ2n) is 6.27. The Bertz CT molecular complexity index is 950. The molecule has 0 saturated heterocycles. The van der Waals surface area contributed by atoms with Gasteiger partial charge in [0, 0.05) is 23.6 Å². The molecule has 0 atom stereocenters. The Morgan fingerprint density at radius 1 is 1.20 bits per heavy atom. The number of aryl methyl sites for hydroxylation is 1. The molecule has 0 fully saturated rings. The van der Waals surface area contributed by atoms with E-state index < -0.39 is 0 Å². The van der Waals surface area contributed by atoms with Crippen molar-refractivity contribution >= 4 is 57.9 Å². The van der Waals surface area contributed by atoms with Crippen molar-refractivity contribution in [1.29, 1.82) is 0 Å². The normalized spacial score (nSPS) is 10.7. The third-order valence-electron chi connectivity index (χ3n) is 3.97. The van der Waals surface area contributed by atoms with Crippen LogP contribution in [-0.4, -0.2) is 31.7 Å². The van der Waals surface area contributed by atoms with Gasteiger partial charge < -0.3 is 14.8 Å². The monoisotopic (exact) mass is 543 g/mol. The van der Waals surface area contributed by atoms with Crippen LogP contribution in [-0.2, 0) is 9.59 Å². The Hall–Kier alpha value is -2.33. The average Bonchev–Trinajstić information content (AvgIpc) is 2.69. The van der Waals surface area contributed by atoms with E-state index in [1.54, 1.807) is 25.3 Å². The molecule has 0 spiro atoms. The van der Waals surface area contributed by atoms with Crippen molar-refractivity contribution in [1.82, 2.24) is 5.43 Å². The number of halogens is 2. The molecule has 0 radical (unpaired) electrons. The van der Waals surface area contributed by atoms with Gasteiger partial charge in [-0.15, -0.1) is 0 Å². The Balaban J connectivity index is 1.86. The van der Waals surface area contributed by atoms with Crippen LogP contribution in [0.1, 0.15) is 30.9 Å². The molecule has 160 valence electrons. The van der Waals surface area contributed by atoms with Crippen LogP contribution in [0.5, 0.6) is 11.5 Å². The Morgan fingerprint density at radius 2 is 1.93 bits per heavy atom. The third kappa shape index (κ3) is 7.17. The van der Waals surface area contributed by atoms with Crippen LogP contribution < -0.4 is 20.2 Å². The van der Waals surface area contributed by atoms with Crippen LogP contribution >= 0.6 is 34.2 Å². The number of anilines is 1. The van der Waals surface area contributed by atoms with Crippen molar-refractivity contribution < 1.29 is 19.1 Å². The van der Waals surface area contributed by atoms with Crippen molar-refractivity contribution in [2.24, 2.45) is 5.10 Å². The van der Waals surface area contributed by atoms with Gasteiger partial charge in [-0.3, -0.25) is 9.59 Å². The molecule has 2 amide bonds. The fourth-order valence-corrected chi connectivity index (χ4v) is 3.51. The summed E-state index contributed by atoms with van der Waals surface area (Å²) in [5.74, 6) is 0.615. The minimum Gasteiger partial charge on any atom is -0.492 e. The highest BCUT2D eigenvalue weighted by molar-refractivity contribution is 14.1. The summed E-state index contributed by atoms with van der Waals surface area (Å²) in [4.78, 5) is 24.0. The summed E-state index contributed by atoms with van der Waals surface area (Å²) in [5.41, 5.74) is 4.68. The van der Waals surface area contributed by atoms with Gasteiger partial charge in [0.05, 0.1) is 23.5 Å². The van der Waals surface area contributed by atoms with E-state index >= 15 is 0 Å². The number of hydrazone groups is 1. The Labute approximate surface area is 194 Å². The fourth-order valence-electron chi connectivity index (χ4n) is 2.48. The number of rotatable bonds is 9. The molecule has 0 aromatic heterocycles. The zero-order chi connectivity index (χ0) is 22.1. The molecule has 0 aliphatic carbocycles. The van der Waals surface area contributed by atoms with E-state index in [1.165, 1.54) is 6.21 Å². The highest BCUT2D eigenvalue weighted by atomic mass is 127. The Kier molecular flexibility index (Phi) is 9.38. The number of amides is 2. The molecular weight excluding hydrogens is 521 g/mol. The zero-order valence-corrected chi connectivity index (χ0v) is 19.8. The molecular formula is C21H23ClIN3O4. The molecule has 0 aliphatic heterocycles. The second-order valence-corrected chi connectivity index (χ2v) is 7.84. The topological polar surface area (TPSA) is 89.0 Å². The lowest BCUT2D eigenvalue weighted by molar-refractivity contribution is -0.124. The molecule has 2 rings (SSSR count). The number of benzene rings is 2. The number of carbonyl (C=O) groups excluding carboxylic acids is 2. The predicted octanol–water partition coefficient (Wildman–Crippen LogP) is 4.53. The van der Waals surface area contributed by atoms with E-state index in [0.29, 0.717) is 28.8 Å². The third-order valence-corrected chi connectivity index (χ3v) is 5.18. The van der Waals surface area contributed by atoms with E-state index in [0.717, 1.165) is 14.7 Å². The predicted molar refractivity (Wildman–Crippen MR) is 127 cm³/mol. The molecule has 0 aliphatic rings. The standard InChI is InChI=1S/C21H23ClIN3O4/c1-4-30-18-10-14(9-17(23)21(18)29-3)12-24-26-20(28)8-7-19(27)25-15-6-5-13(2)16(22)11-15/h5-6,9-12H,4,7-8H2,1-3H3,(H,25,27)(H,26,28). The first kappa shape index (κ1) is 23.9. The Morgan fingerprint density at radius 3 is 2.60 bits per heavy atom. The molecule has 30 heavy (non-hydrogen) atoms. The lowest BCUT2D eigenvalue weighted by Crippen LogP contribution is -2.20. The summed E-state index contributed by atoms with van der Waals surface area (Å²) in [6.07, 6.45) is 1.55. The maximum Gasteiger partial charge on any atom is 0.240 e. The summed E-state index contributed by atoms with van der Waals surface area (Å²) in [6.45, 7) is 4.26. The van der Waals surface area contributed by atoms with Crippen molar-refractivity contribution in [2.45, 2.75) is 26.7 Å². The number of carbonyl (C=O) groups is 2. The first-order valence-corrected chi connectivity index (χ1v) is 10.7. The van der Waals surface area contributed by atoms with E-state index in [2.05, 4.69) is 38.4 Å². The molecule has 2 aromatic carbocycles. The molecule has 2 N–H and O–H groups in total. The molecule has 7 nitrogen and oxygen atoms in total. The number of hydrogen-bond donors (Lipinski definition) is 2. The minimum absolute atomic E-state index is 0.00705. The number of ether oxygens (including phenoxy) is 2.